The Balaban J connectivity index is 2.29. The Morgan fingerprint density at radius 1 is 1.17 bits per heavy atom. The lowest BCUT2D eigenvalue weighted by molar-refractivity contribution is 0.0534. The number of benzene rings is 1. The van der Waals surface area contributed by atoms with Crippen LogP contribution in [0.1, 0.15) is 51.3 Å². The minimum atomic E-state index is -0.461. The highest BCUT2D eigenvalue weighted by Crippen LogP contribution is 2.16. The third-order valence-electron chi connectivity index (χ3n) is 3.30. The summed E-state index contributed by atoms with van der Waals surface area (Å²) in [5, 5.41) is 6.20. The first-order chi connectivity index (χ1) is 10.8. The second-order valence-electron chi connectivity index (χ2n) is 6.63. The highest BCUT2D eigenvalue weighted by atomic mass is 16.6. The molecule has 23 heavy (non-hydrogen) atoms. The summed E-state index contributed by atoms with van der Waals surface area (Å²) in [7, 11) is 0. The van der Waals surface area contributed by atoms with Gasteiger partial charge in [-0.3, -0.25) is 0 Å². The zero-order valence-electron chi connectivity index (χ0n) is 15.0. The molecule has 0 aromatic heterocycles. The normalized spacial score (nSPS) is 13.1. The highest BCUT2D eigenvalue weighted by molar-refractivity contribution is 5.67. The lowest BCUT2D eigenvalue weighted by Crippen LogP contribution is -2.32. The molecule has 4 heteroatoms. The minimum absolute atomic E-state index is 0.346. The number of alkyl carbamates (subject to hydrolysis) is 1. The van der Waals surface area contributed by atoms with E-state index >= 15 is 0 Å². The fraction of sp³-hybridized carbons (Fsp3) is 0.526. The Labute approximate surface area is 140 Å². The molecule has 0 spiro atoms. The standard InChI is InChI=1S/C19H30N2O2/c1-6-17(16-11-9-15(2)10-12-16)20-13-7-8-14-21-18(22)23-19(3,4)5/h7-12,17,20H,6,13-14H2,1-5H3,(H,21,22)/b8-7+. The van der Waals surface area contributed by atoms with Crippen molar-refractivity contribution in [2.24, 2.45) is 0 Å². The Kier molecular flexibility index (Phi) is 7.83. The highest BCUT2D eigenvalue weighted by Gasteiger charge is 2.14. The second-order valence-corrected chi connectivity index (χ2v) is 6.63. The van der Waals surface area contributed by atoms with Crippen LogP contribution in [0.15, 0.2) is 36.4 Å². The monoisotopic (exact) mass is 318 g/mol. The maximum atomic E-state index is 11.5. The molecule has 1 rings (SSSR count). The third-order valence-corrected chi connectivity index (χ3v) is 3.30. The van der Waals surface area contributed by atoms with Crippen molar-refractivity contribution in [1.82, 2.24) is 10.6 Å². The van der Waals surface area contributed by atoms with Gasteiger partial charge in [0.05, 0.1) is 0 Å². The molecule has 0 radical (unpaired) electrons. The van der Waals surface area contributed by atoms with E-state index in [-0.39, 0.29) is 6.09 Å². The molecule has 2 N–H and O–H groups in total. The molecular formula is C19H30N2O2. The summed E-state index contributed by atoms with van der Waals surface area (Å²) in [6, 6.07) is 8.97. The van der Waals surface area contributed by atoms with Gasteiger partial charge >= 0.3 is 6.09 Å². The molecule has 0 saturated heterocycles. The Hall–Kier alpha value is -1.81. The van der Waals surface area contributed by atoms with E-state index in [0.29, 0.717) is 12.6 Å². The average Bonchev–Trinajstić information content (AvgIpc) is 2.46. The van der Waals surface area contributed by atoms with Gasteiger partial charge in [0, 0.05) is 19.1 Å². The van der Waals surface area contributed by atoms with Crippen molar-refractivity contribution in [3.05, 3.63) is 47.5 Å². The Bertz CT molecular complexity index is 501. The SMILES string of the molecule is CCC(NC/C=C/CNC(=O)OC(C)(C)C)c1ccc(C)cc1. The molecule has 1 aromatic rings. The van der Waals surface area contributed by atoms with Gasteiger partial charge in [0.25, 0.3) is 0 Å². The van der Waals surface area contributed by atoms with E-state index in [1.165, 1.54) is 11.1 Å². The summed E-state index contributed by atoms with van der Waals surface area (Å²) in [6.07, 6.45) is 4.60. The largest absolute Gasteiger partial charge is 0.444 e. The van der Waals surface area contributed by atoms with Gasteiger partial charge in [0.2, 0.25) is 0 Å². The maximum absolute atomic E-state index is 11.5. The van der Waals surface area contributed by atoms with Crippen LogP contribution in [0.2, 0.25) is 0 Å². The van der Waals surface area contributed by atoms with Crippen LogP contribution in [0, 0.1) is 6.92 Å². The molecule has 0 bridgehead atoms. The van der Waals surface area contributed by atoms with E-state index < -0.39 is 5.60 Å². The van der Waals surface area contributed by atoms with Gasteiger partial charge in [-0.05, 0) is 39.7 Å². The summed E-state index contributed by atoms with van der Waals surface area (Å²) < 4.78 is 5.17. The molecule has 0 aliphatic carbocycles. The summed E-state index contributed by atoms with van der Waals surface area (Å²) >= 11 is 0. The van der Waals surface area contributed by atoms with Crippen LogP contribution in [0.5, 0.6) is 0 Å². The summed E-state index contributed by atoms with van der Waals surface area (Å²) in [5.74, 6) is 0. The van der Waals surface area contributed by atoms with Crippen molar-refractivity contribution in [2.45, 2.75) is 52.7 Å². The lowest BCUT2D eigenvalue weighted by atomic mass is 10.0. The predicted molar refractivity (Wildman–Crippen MR) is 95.6 cm³/mol. The molecule has 0 saturated carbocycles. The molecule has 0 aliphatic heterocycles. The van der Waals surface area contributed by atoms with E-state index in [2.05, 4.69) is 48.7 Å². The van der Waals surface area contributed by atoms with Crippen LogP contribution in [0.4, 0.5) is 4.79 Å². The average molecular weight is 318 g/mol. The number of rotatable bonds is 7. The number of amides is 1. The number of hydrogen-bond acceptors (Lipinski definition) is 3. The van der Waals surface area contributed by atoms with E-state index in [1.807, 2.05) is 32.9 Å². The van der Waals surface area contributed by atoms with Gasteiger partial charge in [0.1, 0.15) is 5.60 Å². The van der Waals surface area contributed by atoms with Crippen LogP contribution < -0.4 is 10.6 Å². The van der Waals surface area contributed by atoms with Gasteiger partial charge in [-0.15, -0.1) is 0 Å². The smallest absolute Gasteiger partial charge is 0.407 e. The fourth-order valence-electron chi connectivity index (χ4n) is 2.13. The van der Waals surface area contributed by atoms with E-state index in [0.717, 1.165) is 13.0 Å². The van der Waals surface area contributed by atoms with Crippen molar-refractivity contribution in [3.8, 4) is 0 Å². The van der Waals surface area contributed by atoms with Crippen LogP contribution >= 0.6 is 0 Å². The maximum Gasteiger partial charge on any atom is 0.407 e. The van der Waals surface area contributed by atoms with Gasteiger partial charge in [-0.2, -0.15) is 0 Å². The summed E-state index contributed by atoms with van der Waals surface area (Å²) in [6.45, 7) is 11.1. The number of carbonyl (C=O) groups excluding carboxylic acids is 1. The molecule has 0 fully saturated rings. The third kappa shape index (κ3) is 8.41. The van der Waals surface area contributed by atoms with Crippen LogP contribution in [-0.4, -0.2) is 24.8 Å². The lowest BCUT2D eigenvalue weighted by Gasteiger charge is -2.19. The van der Waals surface area contributed by atoms with Crippen LogP contribution in [-0.2, 0) is 4.74 Å². The Morgan fingerprint density at radius 2 is 1.78 bits per heavy atom. The number of aryl methyl sites for hydroxylation is 1. The number of nitrogens with one attached hydrogen (secondary N) is 2. The molecule has 4 nitrogen and oxygen atoms in total. The van der Waals surface area contributed by atoms with Gasteiger partial charge < -0.3 is 15.4 Å². The zero-order chi connectivity index (χ0) is 17.3. The molecule has 1 unspecified atom stereocenters. The Morgan fingerprint density at radius 3 is 2.35 bits per heavy atom. The van der Waals surface area contributed by atoms with Crippen LogP contribution in [0.3, 0.4) is 0 Å². The zero-order valence-corrected chi connectivity index (χ0v) is 15.0. The second kappa shape index (κ2) is 9.36. The molecule has 1 atom stereocenters. The first-order valence-electron chi connectivity index (χ1n) is 8.23. The van der Waals surface area contributed by atoms with Gasteiger partial charge in [0.15, 0.2) is 0 Å². The first-order valence-corrected chi connectivity index (χ1v) is 8.23. The van der Waals surface area contributed by atoms with Crippen molar-refractivity contribution >= 4 is 6.09 Å². The van der Waals surface area contributed by atoms with Crippen molar-refractivity contribution in [3.63, 3.8) is 0 Å². The van der Waals surface area contributed by atoms with E-state index in [4.69, 9.17) is 4.74 Å². The van der Waals surface area contributed by atoms with Crippen LogP contribution in [0.25, 0.3) is 0 Å². The molecule has 0 aliphatic rings. The molecule has 128 valence electrons. The molecular weight excluding hydrogens is 288 g/mol. The fourth-order valence-corrected chi connectivity index (χ4v) is 2.13. The quantitative estimate of drug-likeness (QED) is 0.744. The number of ether oxygens (including phenoxy) is 1. The summed E-state index contributed by atoms with van der Waals surface area (Å²) in [4.78, 5) is 11.5. The van der Waals surface area contributed by atoms with Gasteiger partial charge in [-0.1, -0.05) is 48.9 Å². The topological polar surface area (TPSA) is 50.4 Å². The number of hydrogen-bond donors (Lipinski definition) is 2. The van der Waals surface area contributed by atoms with Crippen molar-refractivity contribution in [2.75, 3.05) is 13.1 Å². The van der Waals surface area contributed by atoms with Crippen molar-refractivity contribution < 1.29 is 9.53 Å². The molecule has 0 heterocycles. The summed E-state index contributed by atoms with van der Waals surface area (Å²) in [5.41, 5.74) is 2.12. The minimum Gasteiger partial charge on any atom is -0.444 e. The first kappa shape index (κ1) is 19.2. The predicted octanol–water partition coefficient (Wildman–Crippen LogP) is 4.12. The number of carbonyl (C=O) groups is 1. The van der Waals surface area contributed by atoms with Gasteiger partial charge in [-0.25, -0.2) is 4.79 Å². The van der Waals surface area contributed by atoms with E-state index in [1.54, 1.807) is 0 Å². The molecule has 1 aromatic carbocycles. The van der Waals surface area contributed by atoms with Crippen molar-refractivity contribution in [1.29, 1.82) is 0 Å². The molecule has 1 amide bonds. The van der Waals surface area contributed by atoms with E-state index in [9.17, 15) is 4.79 Å².